The van der Waals surface area contributed by atoms with Gasteiger partial charge in [0.25, 0.3) is 0 Å². The van der Waals surface area contributed by atoms with Gasteiger partial charge in [-0.05, 0) is 13.8 Å². The van der Waals surface area contributed by atoms with Crippen molar-refractivity contribution in [1.82, 2.24) is 10.6 Å². The molecule has 0 rings (SSSR count). The Labute approximate surface area is 86.8 Å². The second-order valence-corrected chi connectivity index (χ2v) is 4.03. The average Bonchev–Trinajstić information content (AvgIpc) is 2.02. The molecule has 86 valence electrons. The van der Waals surface area contributed by atoms with Crippen molar-refractivity contribution in [2.24, 2.45) is 17.2 Å². The van der Waals surface area contributed by atoms with Crippen molar-refractivity contribution in [2.75, 3.05) is 26.2 Å². The summed E-state index contributed by atoms with van der Waals surface area (Å²) in [6.07, 6.45) is 0. The minimum absolute atomic E-state index is 0.118. The van der Waals surface area contributed by atoms with Gasteiger partial charge in [0.15, 0.2) is 0 Å². The lowest BCUT2D eigenvalue weighted by Crippen LogP contribution is -2.46. The van der Waals surface area contributed by atoms with Crippen molar-refractivity contribution in [3.63, 3.8) is 0 Å². The summed E-state index contributed by atoms with van der Waals surface area (Å²) in [7, 11) is 0. The zero-order chi connectivity index (χ0) is 11.0. The predicted octanol–water partition coefficient (Wildman–Crippen LogP) is -1.81. The highest BCUT2D eigenvalue weighted by atomic mass is 15.0. The van der Waals surface area contributed by atoms with Crippen LogP contribution >= 0.6 is 0 Å². The maximum absolute atomic E-state index is 5.84. The van der Waals surface area contributed by atoms with Gasteiger partial charge >= 0.3 is 0 Å². The highest BCUT2D eigenvalue weighted by molar-refractivity contribution is 4.70. The lowest BCUT2D eigenvalue weighted by molar-refractivity contribution is 0.502. The molecule has 8 N–H and O–H groups in total. The Balaban J connectivity index is 3.23. The number of hydrogen-bond acceptors (Lipinski definition) is 5. The first kappa shape index (κ1) is 13.8. The van der Waals surface area contributed by atoms with Gasteiger partial charge in [-0.1, -0.05) is 0 Å². The molecular formula is C9H25N5. The molecule has 0 fully saturated rings. The van der Waals surface area contributed by atoms with Crippen molar-refractivity contribution < 1.29 is 0 Å². The molecule has 0 heterocycles. The fourth-order valence-electron chi connectivity index (χ4n) is 1.06. The van der Waals surface area contributed by atoms with Crippen LogP contribution in [0, 0.1) is 0 Å². The third kappa shape index (κ3) is 9.88. The molecule has 0 saturated carbocycles. The van der Waals surface area contributed by atoms with Gasteiger partial charge in [0.2, 0.25) is 0 Å². The van der Waals surface area contributed by atoms with E-state index >= 15 is 0 Å². The van der Waals surface area contributed by atoms with Gasteiger partial charge < -0.3 is 27.8 Å². The van der Waals surface area contributed by atoms with Crippen LogP contribution in [0.5, 0.6) is 0 Å². The second kappa shape index (κ2) is 8.14. The highest BCUT2D eigenvalue weighted by Crippen LogP contribution is 1.77. The Hall–Kier alpha value is -0.200. The summed E-state index contributed by atoms with van der Waals surface area (Å²) in [5.41, 5.74) is 17.0. The molecule has 0 aliphatic carbocycles. The number of nitrogens with one attached hydrogen (secondary N) is 2. The van der Waals surface area contributed by atoms with Gasteiger partial charge in [0, 0.05) is 44.3 Å². The Bertz CT molecular complexity index is 112. The van der Waals surface area contributed by atoms with Crippen molar-refractivity contribution in [2.45, 2.75) is 32.0 Å². The summed E-state index contributed by atoms with van der Waals surface area (Å²) in [4.78, 5) is 0. The van der Waals surface area contributed by atoms with E-state index in [9.17, 15) is 0 Å². The molecule has 0 spiro atoms. The normalized spacial score (nSPS) is 17.8. The summed E-state index contributed by atoms with van der Waals surface area (Å²) in [5.74, 6) is 0. The molecule has 0 bridgehead atoms. The zero-order valence-corrected chi connectivity index (χ0v) is 9.29. The molecule has 2 unspecified atom stereocenters. The lowest BCUT2D eigenvalue weighted by Gasteiger charge is -2.15. The summed E-state index contributed by atoms with van der Waals surface area (Å²) < 4.78 is 0. The smallest absolute Gasteiger partial charge is 0.0292 e. The van der Waals surface area contributed by atoms with Crippen LogP contribution in [0.4, 0.5) is 0 Å². The second-order valence-electron chi connectivity index (χ2n) is 4.03. The number of hydrogen-bond donors (Lipinski definition) is 5. The van der Waals surface area contributed by atoms with Gasteiger partial charge in [0.05, 0.1) is 0 Å². The highest BCUT2D eigenvalue weighted by Gasteiger charge is 2.02. The van der Waals surface area contributed by atoms with Gasteiger partial charge in [-0.2, -0.15) is 0 Å². The van der Waals surface area contributed by atoms with Crippen LogP contribution in [0.3, 0.4) is 0 Å². The molecule has 0 radical (unpaired) electrons. The van der Waals surface area contributed by atoms with E-state index in [4.69, 9.17) is 17.2 Å². The van der Waals surface area contributed by atoms with E-state index < -0.39 is 0 Å². The van der Waals surface area contributed by atoms with Crippen molar-refractivity contribution in [1.29, 1.82) is 0 Å². The van der Waals surface area contributed by atoms with Gasteiger partial charge in [0.1, 0.15) is 0 Å². The van der Waals surface area contributed by atoms with Crippen LogP contribution in [0.15, 0.2) is 0 Å². The SMILES string of the molecule is CC(N)CNCC(N)CNCC(C)N. The number of rotatable bonds is 8. The molecule has 14 heavy (non-hydrogen) atoms. The summed E-state index contributed by atoms with van der Waals surface area (Å²) in [6, 6.07) is 0.478. The first-order chi connectivity index (χ1) is 6.52. The molecular weight excluding hydrogens is 178 g/mol. The van der Waals surface area contributed by atoms with Crippen molar-refractivity contribution in [3.8, 4) is 0 Å². The molecule has 2 atom stereocenters. The van der Waals surface area contributed by atoms with Crippen LogP contribution in [-0.4, -0.2) is 44.3 Å². The Morgan fingerprint density at radius 3 is 1.43 bits per heavy atom. The van der Waals surface area contributed by atoms with E-state index in [1.807, 2.05) is 13.8 Å². The number of nitrogens with two attached hydrogens (primary N) is 3. The fraction of sp³-hybridized carbons (Fsp3) is 1.00. The van der Waals surface area contributed by atoms with E-state index in [0.717, 1.165) is 26.2 Å². The molecule has 0 amide bonds. The van der Waals surface area contributed by atoms with E-state index in [1.54, 1.807) is 0 Å². The summed E-state index contributed by atoms with van der Waals surface area (Å²) >= 11 is 0. The Morgan fingerprint density at radius 2 is 1.14 bits per heavy atom. The fourth-order valence-corrected chi connectivity index (χ4v) is 1.06. The van der Waals surface area contributed by atoms with E-state index in [0.29, 0.717) is 0 Å². The van der Waals surface area contributed by atoms with Gasteiger partial charge in [-0.3, -0.25) is 0 Å². The molecule has 0 saturated heterocycles. The molecule has 0 aromatic carbocycles. The van der Waals surface area contributed by atoms with Crippen molar-refractivity contribution >= 4 is 0 Å². The third-order valence-electron chi connectivity index (χ3n) is 1.75. The molecule has 5 heteroatoms. The van der Waals surface area contributed by atoms with Crippen LogP contribution < -0.4 is 27.8 Å². The maximum Gasteiger partial charge on any atom is 0.0292 e. The van der Waals surface area contributed by atoms with Gasteiger partial charge in [-0.15, -0.1) is 0 Å². The van der Waals surface area contributed by atoms with Crippen LogP contribution in [0.2, 0.25) is 0 Å². The van der Waals surface area contributed by atoms with E-state index in [1.165, 1.54) is 0 Å². The van der Waals surface area contributed by atoms with E-state index in [-0.39, 0.29) is 18.1 Å². The minimum atomic E-state index is 0.118. The molecule has 0 aliphatic heterocycles. The van der Waals surface area contributed by atoms with Gasteiger partial charge in [-0.25, -0.2) is 0 Å². The Morgan fingerprint density at radius 1 is 0.786 bits per heavy atom. The predicted molar refractivity (Wildman–Crippen MR) is 61.0 cm³/mol. The lowest BCUT2D eigenvalue weighted by atomic mass is 10.2. The molecule has 0 aromatic heterocycles. The topological polar surface area (TPSA) is 102 Å². The maximum atomic E-state index is 5.84. The third-order valence-corrected chi connectivity index (χ3v) is 1.75. The Kier molecular flexibility index (Phi) is 8.02. The first-order valence-corrected chi connectivity index (χ1v) is 5.20. The summed E-state index contributed by atoms with van der Waals surface area (Å²) in [5, 5.41) is 6.40. The zero-order valence-electron chi connectivity index (χ0n) is 9.29. The first-order valence-electron chi connectivity index (χ1n) is 5.20. The quantitative estimate of drug-likeness (QED) is 0.320. The average molecular weight is 203 g/mol. The van der Waals surface area contributed by atoms with Crippen LogP contribution in [0.25, 0.3) is 0 Å². The standard InChI is InChI=1S/C9H25N5/c1-7(10)3-13-5-9(12)6-14-4-8(2)11/h7-9,13-14H,3-6,10-12H2,1-2H3. The van der Waals surface area contributed by atoms with Crippen LogP contribution in [-0.2, 0) is 0 Å². The van der Waals surface area contributed by atoms with Crippen molar-refractivity contribution in [3.05, 3.63) is 0 Å². The minimum Gasteiger partial charge on any atom is -0.327 e. The summed E-state index contributed by atoms with van der Waals surface area (Å²) in [6.45, 7) is 7.11. The van der Waals surface area contributed by atoms with E-state index in [2.05, 4.69) is 10.6 Å². The molecule has 0 aliphatic rings. The molecule has 0 aromatic rings. The largest absolute Gasteiger partial charge is 0.327 e. The monoisotopic (exact) mass is 203 g/mol. The van der Waals surface area contributed by atoms with Crippen LogP contribution in [0.1, 0.15) is 13.8 Å². The molecule has 5 nitrogen and oxygen atoms in total.